The average molecular weight is 588 g/mol. The van der Waals surface area contributed by atoms with Crippen LogP contribution in [0.15, 0.2) is 10.6 Å². The van der Waals surface area contributed by atoms with Gasteiger partial charge in [0.25, 0.3) is 0 Å². The fourth-order valence-corrected chi connectivity index (χ4v) is 5.87. The summed E-state index contributed by atoms with van der Waals surface area (Å²) in [4.78, 5) is 57.0. The molecule has 11 nitrogen and oxygen atoms in total. The van der Waals surface area contributed by atoms with Crippen LogP contribution >= 0.6 is 15.9 Å². The third kappa shape index (κ3) is 7.23. The summed E-state index contributed by atoms with van der Waals surface area (Å²) in [7, 11) is 1.56. The molecule has 3 aliphatic heterocycles. The molecule has 3 amide bonds. The molecule has 2 N–H and O–H groups in total. The van der Waals surface area contributed by atoms with Crippen molar-refractivity contribution < 1.29 is 33.8 Å². The van der Waals surface area contributed by atoms with Gasteiger partial charge in [-0.15, -0.1) is 0 Å². The molecule has 0 aromatic rings. The number of hydrogen-bond donors (Lipinski definition) is 2. The van der Waals surface area contributed by atoms with E-state index < -0.39 is 53.7 Å². The maximum Gasteiger partial charge on any atom is 0.410 e. The first-order chi connectivity index (χ1) is 17.2. The summed E-state index contributed by atoms with van der Waals surface area (Å²) >= 11 is 3.51. The van der Waals surface area contributed by atoms with E-state index in [-0.39, 0.29) is 25.0 Å². The predicted octanol–water partition coefficient (Wildman–Crippen LogP) is 1.66. The maximum absolute atomic E-state index is 13.8. The monoisotopic (exact) mass is 586 g/mol. The Labute approximate surface area is 226 Å². The Balaban J connectivity index is 1.98. The van der Waals surface area contributed by atoms with Crippen LogP contribution in [0.5, 0.6) is 0 Å². The third-order valence-corrected chi connectivity index (χ3v) is 7.39. The van der Waals surface area contributed by atoms with Crippen LogP contribution in [0.2, 0.25) is 0 Å². The number of amides is 3. The second-order valence-electron chi connectivity index (χ2n) is 11.4. The summed E-state index contributed by atoms with van der Waals surface area (Å²) < 4.78 is 12.7. The smallest absolute Gasteiger partial charge is 0.410 e. The van der Waals surface area contributed by atoms with Gasteiger partial charge in [-0.3, -0.25) is 14.5 Å². The first kappa shape index (κ1) is 29.4. The lowest BCUT2D eigenvalue weighted by atomic mass is 9.95. The van der Waals surface area contributed by atoms with Crippen LogP contribution in [-0.4, -0.2) is 113 Å². The first-order valence-electron chi connectivity index (χ1n) is 12.7. The number of likely N-dealkylation sites (tertiary alicyclic amines) is 1. The van der Waals surface area contributed by atoms with Gasteiger partial charge in [0.1, 0.15) is 17.7 Å². The molecule has 2 saturated heterocycles. The van der Waals surface area contributed by atoms with Crippen molar-refractivity contribution in [3.63, 3.8) is 0 Å². The number of carboxylic acids is 1. The van der Waals surface area contributed by atoms with Crippen LogP contribution in [0.1, 0.15) is 41.0 Å². The van der Waals surface area contributed by atoms with Crippen LogP contribution in [0, 0.1) is 11.8 Å². The van der Waals surface area contributed by atoms with E-state index in [9.17, 15) is 24.3 Å². The summed E-state index contributed by atoms with van der Waals surface area (Å²) in [5, 5.41) is 12.5. The molecule has 12 heteroatoms. The zero-order valence-corrected chi connectivity index (χ0v) is 24.0. The molecule has 3 heterocycles. The van der Waals surface area contributed by atoms with Crippen molar-refractivity contribution in [1.29, 1.82) is 0 Å². The van der Waals surface area contributed by atoms with Gasteiger partial charge in [-0.25, -0.2) is 9.59 Å². The fourth-order valence-electron chi connectivity index (χ4n) is 5.22. The van der Waals surface area contributed by atoms with Crippen molar-refractivity contribution in [2.24, 2.45) is 11.8 Å². The Morgan fingerprint density at radius 2 is 1.92 bits per heavy atom. The average Bonchev–Trinajstić information content (AvgIpc) is 3.18. The zero-order valence-electron chi connectivity index (χ0n) is 22.4. The van der Waals surface area contributed by atoms with Crippen molar-refractivity contribution in [2.75, 3.05) is 39.8 Å². The van der Waals surface area contributed by atoms with E-state index in [0.717, 1.165) is 4.48 Å². The highest BCUT2D eigenvalue weighted by molar-refractivity contribution is 9.11. The van der Waals surface area contributed by atoms with Crippen LogP contribution in [0.25, 0.3) is 0 Å². The number of rotatable bonds is 2. The molecule has 2 fully saturated rings. The van der Waals surface area contributed by atoms with Gasteiger partial charge in [0.2, 0.25) is 11.8 Å². The van der Waals surface area contributed by atoms with Crippen molar-refractivity contribution in [2.45, 2.75) is 70.9 Å². The predicted molar refractivity (Wildman–Crippen MR) is 139 cm³/mol. The summed E-state index contributed by atoms with van der Waals surface area (Å²) in [6.07, 6.45) is 1.40. The third-order valence-electron chi connectivity index (χ3n) is 6.87. The van der Waals surface area contributed by atoms with Gasteiger partial charge in [0, 0.05) is 37.7 Å². The maximum atomic E-state index is 13.8. The lowest BCUT2D eigenvalue weighted by Gasteiger charge is -2.38. The minimum absolute atomic E-state index is 0.0719. The number of nitrogens with one attached hydrogen (secondary N) is 1. The summed E-state index contributed by atoms with van der Waals surface area (Å²) in [6.45, 7) is 10.4. The molecular weight excluding hydrogens is 548 g/mol. The second-order valence-corrected chi connectivity index (χ2v) is 12.4. The first-order valence-corrected chi connectivity index (χ1v) is 13.5. The molecule has 0 aromatic carbocycles. The van der Waals surface area contributed by atoms with Crippen LogP contribution in [-0.2, 0) is 23.9 Å². The molecule has 0 saturated carbocycles. The van der Waals surface area contributed by atoms with Crippen molar-refractivity contribution in [1.82, 2.24) is 20.0 Å². The van der Waals surface area contributed by atoms with Gasteiger partial charge in [0.15, 0.2) is 0 Å². The second kappa shape index (κ2) is 11.7. The van der Waals surface area contributed by atoms with Crippen molar-refractivity contribution in [3.8, 4) is 0 Å². The molecule has 0 aromatic heterocycles. The van der Waals surface area contributed by atoms with Gasteiger partial charge in [-0.1, -0.05) is 29.8 Å². The van der Waals surface area contributed by atoms with Gasteiger partial charge in [-0.05, 0) is 39.2 Å². The summed E-state index contributed by atoms with van der Waals surface area (Å²) in [5.74, 6) is -2.83. The molecule has 208 valence electrons. The summed E-state index contributed by atoms with van der Waals surface area (Å²) in [6, 6.07) is -2.60. The lowest BCUT2D eigenvalue weighted by molar-refractivity contribution is -0.148. The molecule has 2 unspecified atom stereocenters. The number of fused-ring (bicyclic) bond motifs is 3. The number of likely N-dealkylation sites (N-methyl/N-ethyl adjacent to an activating group) is 1. The van der Waals surface area contributed by atoms with E-state index >= 15 is 0 Å². The number of carboxylic acid groups (broad SMARTS) is 1. The Hall–Kier alpha value is -2.18. The highest BCUT2D eigenvalue weighted by Gasteiger charge is 2.46. The molecule has 0 spiro atoms. The van der Waals surface area contributed by atoms with Crippen LogP contribution < -0.4 is 5.32 Å². The molecule has 37 heavy (non-hydrogen) atoms. The number of carbonyl (C=O) groups excluding carboxylic acids is 3. The van der Waals surface area contributed by atoms with Crippen LogP contribution in [0.4, 0.5) is 4.79 Å². The Bertz CT molecular complexity index is 934. The van der Waals surface area contributed by atoms with Crippen molar-refractivity contribution >= 4 is 39.8 Å². The SMILES string of the molecule is CC(C)[C@H]1C(=O)N[C@H](C(=O)O)CN2CC(Br)=CC(C2)OC[C@@H]2[C@H](CCN2C(=O)OC(C)(C)C)C(=O)N1C. The number of carbonyl (C=O) groups is 4. The Morgan fingerprint density at radius 1 is 1.24 bits per heavy atom. The highest BCUT2D eigenvalue weighted by Crippen LogP contribution is 2.30. The molecule has 3 rings (SSSR count). The van der Waals surface area contributed by atoms with Gasteiger partial charge >= 0.3 is 12.1 Å². The molecule has 6 atom stereocenters. The lowest BCUT2D eigenvalue weighted by Crippen LogP contribution is -2.59. The Morgan fingerprint density at radius 3 is 2.51 bits per heavy atom. The Kier molecular flexibility index (Phi) is 9.28. The standard InChI is InChI=1S/C25H39BrN4O7/c1-14(2)20-21(31)27-18(23(33)34)12-29-10-15(26)9-16(11-29)36-13-19-17(22(32)28(20)6)7-8-30(19)24(35)37-25(3,4)5/h9,14,16-20H,7-8,10-13H2,1-6H3,(H,27,31)(H,33,34)/t16?,17-,18-,19+,20-/m0/s1. The van der Waals surface area contributed by atoms with Gasteiger partial charge in [-0.2, -0.15) is 0 Å². The van der Waals surface area contributed by atoms with Crippen LogP contribution in [0.3, 0.4) is 0 Å². The molecule has 2 bridgehead atoms. The topological polar surface area (TPSA) is 129 Å². The van der Waals surface area contributed by atoms with E-state index in [2.05, 4.69) is 21.2 Å². The minimum Gasteiger partial charge on any atom is -0.480 e. The van der Waals surface area contributed by atoms with E-state index in [1.165, 1.54) is 4.90 Å². The minimum atomic E-state index is -1.15. The van der Waals surface area contributed by atoms with E-state index in [1.807, 2.05) is 24.8 Å². The molecule has 0 radical (unpaired) electrons. The largest absolute Gasteiger partial charge is 0.480 e. The zero-order chi connectivity index (χ0) is 27.7. The van der Waals surface area contributed by atoms with E-state index in [4.69, 9.17) is 9.47 Å². The van der Waals surface area contributed by atoms with Crippen molar-refractivity contribution in [3.05, 3.63) is 10.6 Å². The highest BCUT2D eigenvalue weighted by atomic mass is 79.9. The molecular formula is C25H39BrN4O7. The van der Waals surface area contributed by atoms with E-state index in [1.54, 1.807) is 32.7 Å². The molecule has 3 aliphatic rings. The number of nitrogens with zero attached hydrogens (tertiary/aromatic N) is 3. The number of aliphatic carboxylic acids is 1. The van der Waals surface area contributed by atoms with Gasteiger partial charge in [0.05, 0.1) is 24.7 Å². The fraction of sp³-hybridized carbons (Fsp3) is 0.760. The van der Waals surface area contributed by atoms with E-state index in [0.29, 0.717) is 26.1 Å². The normalized spacial score (nSPS) is 31.8. The quantitative estimate of drug-likeness (QED) is 0.500. The van der Waals surface area contributed by atoms with Gasteiger partial charge < -0.3 is 29.7 Å². The molecule has 0 aliphatic carbocycles. The number of hydrogen-bond acceptors (Lipinski definition) is 7. The number of halogens is 1. The summed E-state index contributed by atoms with van der Waals surface area (Å²) in [5.41, 5.74) is -0.697. The number of ether oxygens (including phenoxy) is 2.